The molecule has 0 unspecified atom stereocenters. The van der Waals surface area contributed by atoms with Crippen molar-refractivity contribution in [2.75, 3.05) is 9.13 Å². The molecule has 3 aliphatic heterocycles. The Morgan fingerprint density at radius 1 is 0.640 bits per heavy atom. The van der Waals surface area contributed by atoms with E-state index in [9.17, 15) is 0 Å². The van der Waals surface area contributed by atoms with Gasteiger partial charge in [0.25, 0.3) is 0 Å². The van der Waals surface area contributed by atoms with E-state index in [-0.39, 0.29) is 18.8 Å². The van der Waals surface area contributed by atoms with Crippen molar-refractivity contribution in [1.29, 1.82) is 0 Å². The van der Waals surface area contributed by atoms with Gasteiger partial charge in [-0.2, -0.15) is 0 Å². The summed E-state index contributed by atoms with van der Waals surface area (Å²) >= 11 is -4.92. The van der Waals surface area contributed by atoms with Crippen LogP contribution in [0.3, 0.4) is 0 Å². The molecule has 0 atom stereocenters. The number of hydrogen-bond acceptors (Lipinski definition) is 2. The zero-order valence-corrected chi connectivity index (χ0v) is 40.7. The van der Waals surface area contributed by atoms with E-state index in [0.29, 0.717) is 42.3 Å². The molecule has 0 aromatic heterocycles. The van der Waals surface area contributed by atoms with Crippen LogP contribution in [0.4, 0.5) is 28.9 Å². The Morgan fingerprint density at radius 2 is 1.04 bits per heavy atom. The standard InChI is InChI=1S/2C12H18F2NSi2.2C5H5.C3H10Si2.Ti/c2*1-12(2)8-16-17(3,4)15(12)11-6-5-9(13)7-10(11)14;3*1-2-4-5-3-1;/h2*5-6H,8,16H2,1-4H3;2*1-3H,4H2;1-5H2;. The molecule has 13 heteroatoms. The quantitative estimate of drug-likeness (QED) is 0.250. The Morgan fingerprint density at radius 3 is 1.32 bits per heavy atom. The van der Waals surface area contributed by atoms with Crippen LogP contribution >= 0.6 is 0 Å². The Labute approximate surface area is 312 Å². The predicted octanol–water partition coefficient (Wildman–Crippen LogP) is 6.29. The molecule has 0 saturated carbocycles. The third kappa shape index (κ3) is 6.60. The molecule has 270 valence electrons. The van der Waals surface area contributed by atoms with Crippen molar-refractivity contribution in [2.45, 2.75) is 108 Å². The molecule has 50 heavy (non-hydrogen) atoms. The van der Waals surface area contributed by atoms with Crippen LogP contribution in [0, 0.1) is 23.3 Å². The van der Waals surface area contributed by atoms with Crippen molar-refractivity contribution in [2.24, 2.45) is 0 Å². The number of benzene rings is 2. The van der Waals surface area contributed by atoms with E-state index < -0.39 is 73.4 Å². The fraction of sp³-hybridized carbons (Fsp3) is 0.459. The summed E-state index contributed by atoms with van der Waals surface area (Å²) in [5.41, 5.74) is 0.299. The second-order valence-electron chi connectivity index (χ2n) is 17.6. The maximum absolute atomic E-state index is 17.7. The van der Waals surface area contributed by atoms with E-state index >= 15 is 17.6 Å². The molecule has 0 N–H and O–H groups in total. The molecule has 5 aliphatic rings. The average molecular weight is 821 g/mol. The molecule has 3 saturated heterocycles. The number of halogens is 4. The van der Waals surface area contributed by atoms with Crippen molar-refractivity contribution in [3.63, 3.8) is 0 Å². The second-order valence-corrected chi connectivity index (χ2v) is 54.1. The van der Waals surface area contributed by atoms with Gasteiger partial charge in [0.1, 0.15) is 0 Å². The first-order chi connectivity index (χ1) is 23.5. The van der Waals surface area contributed by atoms with Crippen molar-refractivity contribution >= 4 is 70.8 Å². The van der Waals surface area contributed by atoms with Crippen LogP contribution in [0.5, 0.6) is 0 Å². The van der Waals surface area contributed by atoms with Gasteiger partial charge in [-0.3, -0.25) is 0 Å². The minimum absolute atomic E-state index is 0.0759. The van der Waals surface area contributed by atoms with E-state index in [1.165, 1.54) is 12.1 Å². The van der Waals surface area contributed by atoms with Crippen LogP contribution in [0.15, 0.2) is 68.5 Å². The maximum atomic E-state index is 17.7. The summed E-state index contributed by atoms with van der Waals surface area (Å²) in [6.07, 6.45) is 13.9. The van der Waals surface area contributed by atoms with Crippen molar-refractivity contribution in [1.82, 2.24) is 0 Å². The van der Waals surface area contributed by atoms with Crippen LogP contribution in [-0.2, 0) is 16.6 Å². The van der Waals surface area contributed by atoms with Crippen LogP contribution in [0.25, 0.3) is 0 Å². The number of allylic oxidation sites excluding steroid dienone is 8. The topological polar surface area (TPSA) is 6.48 Å². The molecule has 2 aromatic rings. The molecule has 3 heterocycles. The minimum atomic E-state index is -4.92. The Hall–Kier alpha value is -1.26. The van der Waals surface area contributed by atoms with Crippen molar-refractivity contribution in [3.8, 4) is 0 Å². The summed E-state index contributed by atoms with van der Waals surface area (Å²) in [6, 6.07) is 11.4. The van der Waals surface area contributed by atoms with Gasteiger partial charge < -0.3 is 0 Å². The summed E-state index contributed by atoms with van der Waals surface area (Å²) in [6.45, 7) is 17.8. The number of anilines is 2. The Kier molecular flexibility index (Phi) is 10.9. The number of nitrogens with zero attached hydrogens (tertiary/aromatic N) is 2. The van der Waals surface area contributed by atoms with E-state index in [4.69, 9.17) is 0 Å². The van der Waals surface area contributed by atoms with Gasteiger partial charge in [0.15, 0.2) is 0 Å². The van der Waals surface area contributed by atoms with Crippen molar-refractivity contribution in [3.05, 3.63) is 91.7 Å². The first-order valence-corrected chi connectivity index (χ1v) is 40.4. The molecule has 7 rings (SSSR count). The third-order valence-corrected chi connectivity index (χ3v) is 47.4. The van der Waals surface area contributed by atoms with Crippen molar-refractivity contribution < 1.29 is 34.2 Å². The molecule has 2 aliphatic carbocycles. The zero-order chi connectivity index (χ0) is 36.3. The first kappa shape index (κ1) is 38.5. The van der Waals surface area contributed by atoms with Gasteiger partial charge in [-0.1, -0.05) is 18.5 Å². The molecule has 2 aromatic carbocycles. The normalized spacial score (nSPS) is 24.9. The van der Waals surface area contributed by atoms with Gasteiger partial charge in [0, 0.05) is 18.1 Å². The van der Waals surface area contributed by atoms with E-state index in [0.717, 1.165) is 19.8 Å². The van der Waals surface area contributed by atoms with Gasteiger partial charge in [-0.25, -0.2) is 0 Å². The molecular weight excluding hydrogens is 765 g/mol. The summed E-state index contributed by atoms with van der Waals surface area (Å²) in [5, 5.41) is 0. The monoisotopic (exact) mass is 820 g/mol. The zero-order valence-electron chi connectivity index (χ0n) is 31.5. The van der Waals surface area contributed by atoms with Gasteiger partial charge in [-0.15, -0.1) is 0 Å². The van der Waals surface area contributed by atoms with Gasteiger partial charge in [-0.05, 0) is 0 Å². The van der Waals surface area contributed by atoms with Gasteiger partial charge >= 0.3 is 278 Å². The van der Waals surface area contributed by atoms with Crippen LogP contribution in [0.2, 0.25) is 50.4 Å². The summed E-state index contributed by atoms with van der Waals surface area (Å²) < 4.78 is 74.9. The fourth-order valence-corrected chi connectivity index (χ4v) is 46.6. The predicted molar refractivity (Wildman–Crippen MR) is 222 cm³/mol. The molecule has 2 nitrogen and oxygen atoms in total. The SMILES string of the molecule is C1C[SiH2][SiH2]C1.CC1(C)C[SiH2][Si](C)(C)N1c1ccc(F)[c]([Ti]([C]2=CC=CC2)([C]2=CC=CC2)[c]2c(F)ccc(N3C(C)(C)C[SiH2][Si]3(C)C)c2F)c1F. The second kappa shape index (κ2) is 14.2. The Bertz CT molecular complexity index is 1620. The molecule has 0 radical (unpaired) electrons. The number of hydrogen-bond donors (Lipinski definition) is 0. The van der Waals surface area contributed by atoms with Crippen LogP contribution < -0.4 is 16.9 Å². The fourth-order valence-electron chi connectivity index (χ4n) is 10.0. The molecular formula is C37H56F4N2Si6Ti. The molecule has 0 spiro atoms. The number of rotatable bonds is 6. The van der Waals surface area contributed by atoms with Crippen LogP contribution in [0.1, 0.15) is 47.0 Å². The Balaban J connectivity index is 0.000000794. The third-order valence-electron chi connectivity index (χ3n) is 12.2. The first-order valence-electron chi connectivity index (χ1n) is 18.8. The molecule has 0 bridgehead atoms. The summed E-state index contributed by atoms with van der Waals surface area (Å²) in [7, 11) is -3.51. The molecule has 0 amide bonds. The van der Waals surface area contributed by atoms with E-state index in [1.54, 1.807) is 30.6 Å². The summed E-state index contributed by atoms with van der Waals surface area (Å²) in [4.78, 5) is 0. The van der Waals surface area contributed by atoms with Gasteiger partial charge in [0.05, 0.1) is 0 Å². The summed E-state index contributed by atoms with van der Waals surface area (Å²) in [5.74, 6) is -2.63. The van der Waals surface area contributed by atoms with Crippen LogP contribution in [-0.4, -0.2) is 62.7 Å². The van der Waals surface area contributed by atoms with E-state index in [2.05, 4.69) is 63.0 Å². The molecule has 3 fully saturated rings. The van der Waals surface area contributed by atoms with E-state index in [1.807, 2.05) is 36.5 Å². The average Bonchev–Trinajstić information content (AvgIpc) is 3.88. The van der Waals surface area contributed by atoms with Gasteiger partial charge in [0.2, 0.25) is 0 Å².